The molecule has 178 valence electrons. The van der Waals surface area contributed by atoms with Gasteiger partial charge in [-0.05, 0) is 43.7 Å². The molecule has 1 aliphatic carbocycles. The maximum atomic E-state index is 13.1. The molecule has 0 bridgehead atoms. The second-order valence-electron chi connectivity index (χ2n) is 9.13. The molecule has 3 aromatic rings. The van der Waals surface area contributed by atoms with Crippen LogP contribution in [0.5, 0.6) is 0 Å². The minimum absolute atomic E-state index is 0.0336. The Morgan fingerprint density at radius 2 is 1.76 bits per heavy atom. The van der Waals surface area contributed by atoms with Gasteiger partial charge in [-0.15, -0.1) is 0 Å². The van der Waals surface area contributed by atoms with Crippen LogP contribution in [0.15, 0.2) is 35.3 Å². The third-order valence-electron chi connectivity index (χ3n) is 6.96. The summed E-state index contributed by atoms with van der Waals surface area (Å²) in [6.45, 7) is 8.91. The average molecular weight is 462 g/mol. The van der Waals surface area contributed by atoms with Crippen LogP contribution in [0, 0.1) is 0 Å². The van der Waals surface area contributed by atoms with E-state index in [9.17, 15) is 9.59 Å². The molecule has 5 rings (SSSR count). The summed E-state index contributed by atoms with van der Waals surface area (Å²) in [7, 11) is 0. The third kappa shape index (κ3) is 4.40. The number of carbonyl (C=O) groups is 1. The molecule has 0 unspecified atom stereocenters. The van der Waals surface area contributed by atoms with Crippen LogP contribution in [0.1, 0.15) is 56.1 Å². The number of hydrogen-bond acceptors (Lipinski definition) is 8. The Morgan fingerprint density at radius 1 is 1.06 bits per heavy atom. The highest BCUT2D eigenvalue weighted by Gasteiger charge is 2.24. The lowest BCUT2D eigenvalue weighted by Crippen LogP contribution is -2.46. The van der Waals surface area contributed by atoms with E-state index >= 15 is 0 Å². The molecule has 0 radical (unpaired) electrons. The minimum atomic E-state index is -0.357. The Hall–Kier alpha value is -3.33. The highest BCUT2D eigenvalue weighted by molar-refractivity contribution is 5.93. The fourth-order valence-electron chi connectivity index (χ4n) is 5.00. The van der Waals surface area contributed by atoms with Crippen molar-refractivity contribution in [3.05, 3.63) is 46.5 Å². The van der Waals surface area contributed by atoms with Crippen LogP contribution in [0.4, 0.5) is 17.3 Å². The van der Waals surface area contributed by atoms with Gasteiger partial charge in [0, 0.05) is 50.5 Å². The smallest absolute Gasteiger partial charge is 0.282 e. The summed E-state index contributed by atoms with van der Waals surface area (Å²) in [4.78, 5) is 43.3. The van der Waals surface area contributed by atoms with Crippen LogP contribution in [0.2, 0.25) is 0 Å². The molecule has 2 aromatic heterocycles. The van der Waals surface area contributed by atoms with Crippen molar-refractivity contribution in [1.82, 2.24) is 24.4 Å². The van der Waals surface area contributed by atoms with Crippen LogP contribution in [-0.4, -0.2) is 62.9 Å². The summed E-state index contributed by atoms with van der Waals surface area (Å²) in [5.41, 5.74) is 2.62. The molecule has 9 nitrogen and oxygen atoms in total. The first kappa shape index (κ1) is 22.5. The number of hydrogen-bond donors (Lipinski definition) is 1. The molecule has 3 heterocycles. The van der Waals surface area contributed by atoms with Gasteiger partial charge in [0.05, 0.1) is 6.20 Å². The highest BCUT2D eigenvalue weighted by Crippen LogP contribution is 2.30. The Bertz CT molecular complexity index is 1240. The van der Waals surface area contributed by atoms with E-state index in [1.807, 2.05) is 12.1 Å². The lowest BCUT2D eigenvalue weighted by Gasteiger charge is -2.35. The number of anilines is 3. The maximum absolute atomic E-state index is 13.1. The van der Waals surface area contributed by atoms with E-state index in [2.05, 4.69) is 49.1 Å². The molecular formula is C25H31N7O2. The number of nitrogens with zero attached hydrogens (tertiary/aromatic N) is 6. The number of aromatic nitrogens is 4. The average Bonchev–Trinajstić information content (AvgIpc) is 3.38. The molecule has 1 N–H and O–H groups in total. The van der Waals surface area contributed by atoms with Gasteiger partial charge in [0.15, 0.2) is 17.1 Å². The molecule has 0 atom stereocenters. The number of likely N-dealkylation sites (N-methyl/N-ethyl adjacent to an activating group) is 1. The van der Waals surface area contributed by atoms with E-state index in [4.69, 9.17) is 0 Å². The summed E-state index contributed by atoms with van der Waals surface area (Å²) < 4.78 is 1.66. The molecule has 1 aliphatic heterocycles. The van der Waals surface area contributed by atoms with E-state index < -0.39 is 0 Å². The predicted octanol–water partition coefficient (Wildman–Crippen LogP) is 3.39. The molecule has 0 spiro atoms. The Balaban J connectivity index is 1.41. The summed E-state index contributed by atoms with van der Waals surface area (Å²) in [5.74, 6) is 0.0670. The minimum Gasteiger partial charge on any atom is -0.369 e. The van der Waals surface area contributed by atoms with Gasteiger partial charge >= 0.3 is 0 Å². The van der Waals surface area contributed by atoms with Gasteiger partial charge in [0.2, 0.25) is 5.95 Å². The first-order valence-electron chi connectivity index (χ1n) is 12.2. The molecule has 34 heavy (non-hydrogen) atoms. The fourth-order valence-corrected chi connectivity index (χ4v) is 5.00. The van der Waals surface area contributed by atoms with Gasteiger partial charge in [-0.2, -0.15) is 4.98 Å². The number of benzene rings is 1. The standard InChI is InChI=1S/C25H31N7O2/c1-3-30-12-14-31(15-13-30)19-10-8-18(9-11-19)27-25-26-16-21-23(29-25)32(20-6-4-5-7-20)24(34)22(28-21)17(2)33/h8-11,16,20H,3-7,12-15H2,1-2H3,(H,26,27,29). The number of rotatable bonds is 6. The summed E-state index contributed by atoms with van der Waals surface area (Å²) >= 11 is 0. The Kier molecular flexibility index (Phi) is 6.28. The molecule has 2 fully saturated rings. The van der Waals surface area contributed by atoms with Crippen molar-refractivity contribution in [1.29, 1.82) is 0 Å². The van der Waals surface area contributed by atoms with Crippen molar-refractivity contribution < 1.29 is 4.79 Å². The zero-order chi connectivity index (χ0) is 23.7. The van der Waals surface area contributed by atoms with Gasteiger partial charge in [-0.1, -0.05) is 19.8 Å². The second kappa shape index (κ2) is 9.50. The van der Waals surface area contributed by atoms with Gasteiger partial charge in [0.1, 0.15) is 5.52 Å². The zero-order valence-electron chi connectivity index (χ0n) is 19.8. The quantitative estimate of drug-likeness (QED) is 0.558. The second-order valence-corrected chi connectivity index (χ2v) is 9.13. The lowest BCUT2D eigenvalue weighted by atomic mass is 10.2. The van der Waals surface area contributed by atoms with E-state index in [1.165, 1.54) is 12.6 Å². The van der Waals surface area contributed by atoms with Crippen molar-refractivity contribution in [2.75, 3.05) is 42.9 Å². The Labute approximate surface area is 198 Å². The highest BCUT2D eigenvalue weighted by atomic mass is 16.1. The largest absolute Gasteiger partial charge is 0.369 e. The number of Topliss-reactive ketones (excluding diaryl/α,β-unsaturated/α-hetero) is 1. The van der Waals surface area contributed by atoms with Crippen molar-refractivity contribution in [3.8, 4) is 0 Å². The van der Waals surface area contributed by atoms with E-state index in [0.717, 1.165) is 64.1 Å². The van der Waals surface area contributed by atoms with Crippen molar-refractivity contribution in [2.45, 2.75) is 45.6 Å². The molecule has 2 aliphatic rings. The molecule has 1 saturated carbocycles. The summed E-state index contributed by atoms with van der Waals surface area (Å²) in [5, 5.41) is 3.26. The van der Waals surface area contributed by atoms with Gasteiger partial charge in [-0.3, -0.25) is 14.2 Å². The van der Waals surface area contributed by atoms with Crippen molar-refractivity contribution in [3.63, 3.8) is 0 Å². The molecular weight excluding hydrogens is 430 g/mol. The van der Waals surface area contributed by atoms with E-state index in [0.29, 0.717) is 17.1 Å². The summed E-state index contributed by atoms with van der Waals surface area (Å²) in [6, 6.07) is 8.30. The number of carbonyl (C=O) groups excluding carboxylic acids is 1. The topological polar surface area (TPSA) is 96.3 Å². The van der Waals surface area contributed by atoms with Gasteiger partial charge in [0.25, 0.3) is 5.56 Å². The first-order valence-corrected chi connectivity index (χ1v) is 12.2. The normalized spacial score (nSPS) is 17.4. The number of piperazine rings is 1. The van der Waals surface area contributed by atoms with Gasteiger partial charge < -0.3 is 15.1 Å². The van der Waals surface area contributed by atoms with Crippen molar-refractivity contribution >= 4 is 34.3 Å². The lowest BCUT2D eigenvalue weighted by molar-refractivity contribution is 0.101. The Morgan fingerprint density at radius 3 is 2.41 bits per heavy atom. The van der Waals surface area contributed by atoms with Crippen molar-refractivity contribution in [2.24, 2.45) is 0 Å². The predicted molar refractivity (Wildman–Crippen MR) is 133 cm³/mol. The molecule has 9 heteroatoms. The van der Waals surface area contributed by atoms with E-state index in [-0.39, 0.29) is 23.1 Å². The molecule has 1 aromatic carbocycles. The number of ketones is 1. The summed E-state index contributed by atoms with van der Waals surface area (Å²) in [6.07, 6.45) is 5.51. The monoisotopic (exact) mass is 461 g/mol. The molecule has 1 saturated heterocycles. The van der Waals surface area contributed by atoms with Gasteiger partial charge in [-0.25, -0.2) is 9.97 Å². The zero-order valence-corrected chi connectivity index (χ0v) is 19.8. The van der Waals surface area contributed by atoms with Crippen LogP contribution in [-0.2, 0) is 0 Å². The van der Waals surface area contributed by atoms with E-state index in [1.54, 1.807) is 10.8 Å². The van der Waals surface area contributed by atoms with Crippen LogP contribution in [0.25, 0.3) is 11.2 Å². The first-order chi connectivity index (χ1) is 16.5. The molecule has 0 amide bonds. The number of fused-ring (bicyclic) bond motifs is 1. The van der Waals surface area contributed by atoms with Crippen LogP contribution in [0.3, 0.4) is 0 Å². The maximum Gasteiger partial charge on any atom is 0.282 e. The SMILES string of the molecule is CCN1CCN(c2ccc(Nc3ncc4nc(C(C)=O)c(=O)n(C5CCCC5)c4n3)cc2)CC1. The fraction of sp³-hybridized carbons (Fsp3) is 0.480. The number of nitrogens with one attached hydrogen (secondary N) is 1. The van der Waals surface area contributed by atoms with Crippen LogP contribution < -0.4 is 15.8 Å². The third-order valence-corrected chi connectivity index (χ3v) is 6.96. The van der Waals surface area contributed by atoms with Crippen LogP contribution >= 0.6 is 0 Å².